The summed E-state index contributed by atoms with van der Waals surface area (Å²) in [6.07, 6.45) is 7.10. The Hall–Kier alpha value is -5.70. The molecule has 0 saturated heterocycles. The highest BCUT2D eigenvalue weighted by atomic mass is 79.9. The van der Waals surface area contributed by atoms with Crippen LogP contribution in [-0.2, 0) is 14.1 Å². The van der Waals surface area contributed by atoms with Crippen molar-refractivity contribution in [2.24, 2.45) is 14.1 Å². The molecule has 0 unspecified atom stereocenters. The maximum Gasteiger partial charge on any atom is 0.257 e. The molecule has 4 N–H and O–H groups in total. The van der Waals surface area contributed by atoms with Gasteiger partial charge in [0, 0.05) is 60.8 Å². The van der Waals surface area contributed by atoms with Crippen LogP contribution in [-0.4, -0.2) is 56.6 Å². The van der Waals surface area contributed by atoms with Crippen LogP contribution in [0.15, 0.2) is 90.1 Å². The van der Waals surface area contributed by atoms with Gasteiger partial charge in [0.15, 0.2) is 11.6 Å². The third kappa shape index (κ3) is 6.76. The number of nitrogens with zero attached hydrogens (tertiary/aromatic N) is 10. The first-order valence-corrected chi connectivity index (χ1v) is 16.8. The molecule has 0 spiro atoms. The zero-order valence-corrected chi connectivity index (χ0v) is 30.3. The lowest BCUT2D eigenvalue weighted by Gasteiger charge is -2.12. The van der Waals surface area contributed by atoms with Crippen molar-refractivity contribution in [2.45, 2.75) is 0 Å². The summed E-state index contributed by atoms with van der Waals surface area (Å²) in [6, 6.07) is 18.9. The molecule has 51 heavy (non-hydrogen) atoms. The minimum atomic E-state index is 0.199. The number of fused-ring (bicyclic) bond motifs is 2. The number of nitrogens with two attached hydrogens (primary N) is 2. The first kappa shape index (κ1) is 33.8. The topological polar surface area (TPSA) is 174 Å². The van der Waals surface area contributed by atoms with Crippen molar-refractivity contribution in [3.63, 3.8) is 0 Å². The summed E-state index contributed by atoms with van der Waals surface area (Å²) >= 11 is 16.2. The van der Waals surface area contributed by atoms with E-state index in [4.69, 9.17) is 39.4 Å². The number of halogens is 3. The maximum atomic E-state index is 6.43. The zero-order valence-electron chi connectivity index (χ0n) is 27.3. The number of hydrogen-bond donors (Lipinski definition) is 2. The van der Waals surface area contributed by atoms with E-state index < -0.39 is 0 Å². The number of hydrogen-bond acceptors (Lipinski definition) is 11. The van der Waals surface area contributed by atoms with E-state index in [0.29, 0.717) is 54.6 Å². The molecule has 0 radical (unpaired) electrons. The highest BCUT2D eigenvalue weighted by molar-refractivity contribution is 9.10. The van der Waals surface area contributed by atoms with Gasteiger partial charge in [-0.3, -0.25) is 19.3 Å². The molecule has 16 heteroatoms. The maximum absolute atomic E-state index is 6.43. The number of nitrogen functional groups attached to an aromatic ring is 2. The minimum Gasteiger partial charge on any atom is -0.478 e. The SMILES string of the molecule is COc1nc(-c2cc(Cl)c3ncccc3c2)c(-c2ccn(C)n2)nc1N.Cn1ccc(-c2nc(N)c(Br)nc2-c2cc(Cl)c3ncccc3c2)n1. The van der Waals surface area contributed by atoms with Crippen molar-refractivity contribution in [3.05, 3.63) is 100 Å². The van der Waals surface area contributed by atoms with Crippen LogP contribution < -0.4 is 16.2 Å². The van der Waals surface area contributed by atoms with Gasteiger partial charge in [-0.1, -0.05) is 35.3 Å². The largest absolute Gasteiger partial charge is 0.478 e. The number of rotatable bonds is 5. The molecule has 6 aromatic heterocycles. The molecular formula is C35H27BrCl2N12O. The summed E-state index contributed by atoms with van der Waals surface area (Å²) in [4.78, 5) is 26.7. The highest BCUT2D eigenvalue weighted by Crippen LogP contribution is 2.37. The molecule has 0 aliphatic heterocycles. The molecule has 6 heterocycles. The summed E-state index contributed by atoms with van der Waals surface area (Å²) < 4.78 is 9.13. The van der Waals surface area contributed by atoms with Crippen molar-refractivity contribution >= 4 is 72.6 Å². The smallest absolute Gasteiger partial charge is 0.257 e. The lowest BCUT2D eigenvalue weighted by Crippen LogP contribution is -2.03. The number of aryl methyl sites for hydroxylation is 2. The monoisotopic (exact) mass is 780 g/mol. The predicted octanol–water partition coefficient (Wildman–Crippen LogP) is 7.43. The molecule has 254 valence electrons. The Morgan fingerprint density at radius 3 is 1.61 bits per heavy atom. The van der Waals surface area contributed by atoms with E-state index in [-0.39, 0.29) is 11.7 Å². The second-order valence-corrected chi connectivity index (χ2v) is 12.8. The predicted molar refractivity (Wildman–Crippen MR) is 203 cm³/mol. The van der Waals surface area contributed by atoms with E-state index >= 15 is 0 Å². The number of ether oxygens (including phenoxy) is 1. The van der Waals surface area contributed by atoms with Gasteiger partial charge < -0.3 is 16.2 Å². The van der Waals surface area contributed by atoms with E-state index in [1.54, 1.807) is 21.8 Å². The van der Waals surface area contributed by atoms with E-state index in [9.17, 15) is 0 Å². The third-order valence-corrected chi connectivity index (χ3v) is 8.90. The molecule has 0 bridgehead atoms. The Bertz CT molecular complexity index is 2590. The van der Waals surface area contributed by atoms with Crippen molar-refractivity contribution in [1.82, 2.24) is 49.5 Å². The lowest BCUT2D eigenvalue weighted by atomic mass is 10.0. The summed E-state index contributed by atoms with van der Waals surface area (Å²) in [6.45, 7) is 0. The number of anilines is 2. The number of pyridine rings is 2. The molecule has 13 nitrogen and oxygen atoms in total. The van der Waals surface area contributed by atoms with Crippen LogP contribution >= 0.6 is 39.1 Å². The lowest BCUT2D eigenvalue weighted by molar-refractivity contribution is 0.399. The van der Waals surface area contributed by atoms with Crippen LogP contribution in [0.3, 0.4) is 0 Å². The van der Waals surface area contributed by atoms with Gasteiger partial charge in [-0.25, -0.2) is 19.9 Å². The minimum absolute atomic E-state index is 0.199. The van der Waals surface area contributed by atoms with Crippen molar-refractivity contribution in [2.75, 3.05) is 18.6 Å². The average Bonchev–Trinajstić information content (AvgIpc) is 3.77. The number of methoxy groups -OCH3 is 1. The molecule has 0 aliphatic rings. The molecule has 2 aromatic carbocycles. The van der Waals surface area contributed by atoms with Crippen LogP contribution in [0.5, 0.6) is 5.88 Å². The fourth-order valence-corrected chi connectivity index (χ4v) is 6.24. The Balaban J connectivity index is 0.000000159. The van der Waals surface area contributed by atoms with Gasteiger partial charge in [0.2, 0.25) is 0 Å². The highest BCUT2D eigenvalue weighted by Gasteiger charge is 2.20. The Morgan fingerprint density at radius 1 is 0.647 bits per heavy atom. The van der Waals surface area contributed by atoms with Crippen LogP contribution in [0.1, 0.15) is 0 Å². The Labute approximate surface area is 309 Å². The first-order valence-electron chi connectivity index (χ1n) is 15.2. The summed E-state index contributed by atoms with van der Waals surface area (Å²) in [5.74, 6) is 0.755. The third-order valence-electron chi connectivity index (χ3n) is 7.74. The number of aromatic nitrogens is 10. The normalized spacial score (nSPS) is 11.1. The van der Waals surface area contributed by atoms with E-state index in [1.165, 1.54) is 7.11 Å². The van der Waals surface area contributed by atoms with E-state index in [1.807, 2.05) is 87.2 Å². The van der Waals surface area contributed by atoms with Gasteiger partial charge in [-0.05, 0) is 64.5 Å². The van der Waals surface area contributed by atoms with Gasteiger partial charge in [-0.15, -0.1) is 0 Å². The zero-order chi connectivity index (χ0) is 35.8. The van der Waals surface area contributed by atoms with Crippen molar-refractivity contribution in [1.29, 1.82) is 0 Å². The first-order chi connectivity index (χ1) is 24.6. The van der Waals surface area contributed by atoms with Gasteiger partial charge >= 0.3 is 0 Å². The molecule has 8 rings (SSSR count). The molecule has 0 amide bonds. The molecule has 0 saturated carbocycles. The summed E-state index contributed by atoms with van der Waals surface area (Å²) in [7, 11) is 5.18. The number of benzene rings is 2. The van der Waals surface area contributed by atoms with Crippen LogP contribution in [0.25, 0.3) is 67.1 Å². The van der Waals surface area contributed by atoms with Gasteiger partial charge in [0.1, 0.15) is 33.1 Å². The summed E-state index contributed by atoms with van der Waals surface area (Å²) in [5.41, 5.74) is 18.7. The van der Waals surface area contributed by atoms with Gasteiger partial charge in [-0.2, -0.15) is 10.2 Å². The molecule has 0 fully saturated rings. The Morgan fingerprint density at radius 2 is 1.14 bits per heavy atom. The van der Waals surface area contributed by atoms with Crippen LogP contribution in [0, 0.1) is 0 Å². The van der Waals surface area contributed by atoms with Gasteiger partial charge in [0.25, 0.3) is 5.88 Å². The van der Waals surface area contributed by atoms with Crippen molar-refractivity contribution < 1.29 is 4.74 Å². The molecule has 8 aromatic rings. The van der Waals surface area contributed by atoms with Crippen LogP contribution in [0.4, 0.5) is 11.6 Å². The second kappa shape index (κ2) is 13.9. The molecule has 0 aliphatic carbocycles. The average molecular weight is 782 g/mol. The Kier molecular flexibility index (Phi) is 9.21. The quantitative estimate of drug-likeness (QED) is 0.178. The second-order valence-electron chi connectivity index (χ2n) is 11.2. The van der Waals surface area contributed by atoms with Gasteiger partial charge in [0.05, 0.1) is 33.9 Å². The van der Waals surface area contributed by atoms with Crippen molar-refractivity contribution in [3.8, 4) is 51.2 Å². The van der Waals surface area contributed by atoms with E-state index in [0.717, 1.165) is 32.9 Å². The fraction of sp³-hybridized carbons (Fsp3) is 0.0857. The van der Waals surface area contributed by atoms with Crippen LogP contribution in [0.2, 0.25) is 10.0 Å². The summed E-state index contributed by atoms with van der Waals surface area (Å²) in [5, 5.41) is 11.7. The molecular weight excluding hydrogens is 755 g/mol. The molecule has 0 atom stereocenters. The fourth-order valence-electron chi connectivity index (χ4n) is 5.42. The standard InChI is InChI=1S/C18H15ClN6O.C17H12BrClN6/c1-25-7-5-13(24-25)16-15(23-18(26-2)17(20)22-16)11-8-10-4-3-6-21-14(10)12(19)9-11;1-25-6-4-12(24-25)15-14(22-16(18)17(20)23-15)10-7-9-3-2-5-21-13(9)11(19)8-10/h3-9H,1-2H3,(H2,20,22);2-8H,1H3,(H2,20,23). The van der Waals surface area contributed by atoms with E-state index in [2.05, 4.69) is 56.0 Å².